The number of hydrogen-bond acceptors (Lipinski definition) is 4. The Kier molecular flexibility index (Phi) is 5.91. The first kappa shape index (κ1) is 18.1. The predicted octanol–water partition coefficient (Wildman–Crippen LogP) is 3.71. The summed E-state index contributed by atoms with van der Waals surface area (Å²) in [6.45, 7) is 4.42. The van der Waals surface area contributed by atoms with E-state index in [9.17, 15) is 4.79 Å². The van der Waals surface area contributed by atoms with E-state index in [0.717, 1.165) is 11.1 Å². The number of pyridine rings is 1. The molecule has 1 atom stereocenters. The molecule has 1 N–H and O–H groups in total. The maximum absolute atomic E-state index is 13.0. The molecule has 2 heterocycles. The minimum absolute atomic E-state index is 0.177. The number of anilines is 1. The molecular formula is C18H19Cl2N3O2. The van der Waals surface area contributed by atoms with Crippen LogP contribution < -0.4 is 5.32 Å². The van der Waals surface area contributed by atoms with Crippen LogP contribution in [0.2, 0.25) is 10.0 Å². The van der Waals surface area contributed by atoms with Gasteiger partial charge in [-0.15, -0.1) is 0 Å². The smallest absolute Gasteiger partial charge is 0.247 e. The molecule has 1 fully saturated rings. The van der Waals surface area contributed by atoms with Gasteiger partial charge in [-0.3, -0.25) is 9.69 Å². The summed E-state index contributed by atoms with van der Waals surface area (Å²) in [7, 11) is 0. The van der Waals surface area contributed by atoms with Crippen molar-refractivity contribution < 1.29 is 9.53 Å². The van der Waals surface area contributed by atoms with Crippen molar-refractivity contribution in [2.24, 2.45) is 0 Å². The van der Waals surface area contributed by atoms with Gasteiger partial charge in [-0.05, 0) is 42.3 Å². The number of aromatic nitrogens is 1. The lowest BCUT2D eigenvalue weighted by Crippen LogP contribution is -2.44. The Labute approximate surface area is 156 Å². The number of nitrogens with one attached hydrogen (secondary N) is 1. The summed E-state index contributed by atoms with van der Waals surface area (Å²) in [6, 6.07) is 8.38. The zero-order valence-electron chi connectivity index (χ0n) is 13.8. The van der Waals surface area contributed by atoms with Gasteiger partial charge in [0.1, 0.15) is 11.9 Å². The van der Waals surface area contributed by atoms with Crippen LogP contribution in [0.5, 0.6) is 0 Å². The van der Waals surface area contributed by atoms with Gasteiger partial charge in [0.2, 0.25) is 5.91 Å². The molecule has 1 saturated heterocycles. The third kappa shape index (κ3) is 4.50. The standard InChI is InChI=1S/C18H19Cl2N3O2/c1-12-4-5-21-16(10-12)22-18(24)17(23-6-8-25-9-7-23)14-3-2-13(19)11-15(14)20/h2-5,10-11,17H,6-9H2,1H3,(H,21,22,24). The molecular weight excluding hydrogens is 361 g/mol. The zero-order valence-corrected chi connectivity index (χ0v) is 15.3. The molecule has 25 heavy (non-hydrogen) atoms. The molecule has 1 aliphatic heterocycles. The van der Waals surface area contributed by atoms with E-state index in [4.69, 9.17) is 27.9 Å². The Morgan fingerprint density at radius 2 is 2.00 bits per heavy atom. The van der Waals surface area contributed by atoms with Crippen molar-refractivity contribution in [1.29, 1.82) is 0 Å². The lowest BCUT2D eigenvalue weighted by Gasteiger charge is -2.34. The van der Waals surface area contributed by atoms with Crippen LogP contribution in [-0.2, 0) is 9.53 Å². The quantitative estimate of drug-likeness (QED) is 0.879. The number of halogens is 2. The Balaban J connectivity index is 1.91. The molecule has 1 aromatic heterocycles. The summed E-state index contributed by atoms with van der Waals surface area (Å²) in [6.07, 6.45) is 1.67. The van der Waals surface area contributed by atoms with E-state index in [1.54, 1.807) is 24.4 Å². The first-order valence-corrected chi connectivity index (χ1v) is 8.80. The number of carbonyl (C=O) groups excluding carboxylic acids is 1. The second kappa shape index (κ2) is 8.15. The van der Waals surface area contributed by atoms with Crippen LogP contribution in [0.3, 0.4) is 0 Å². The highest BCUT2D eigenvalue weighted by Crippen LogP contribution is 2.31. The van der Waals surface area contributed by atoms with Gasteiger partial charge in [0.25, 0.3) is 0 Å². The second-order valence-corrected chi connectivity index (χ2v) is 6.77. The molecule has 0 radical (unpaired) electrons. The number of nitrogens with zero attached hydrogens (tertiary/aromatic N) is 2. The summed E-state index contributed by atoms with van der Waals surface area (Å²) in [5, 5.41) is 3.90. The Bertz CT molecular complexity index is 764. The minimum Gasteiger partial charge on any atom is -0.379 e. The van der Waals surface area contributed by atoms with Crippen molar-refractivity contribution in [3.05, 3.63) is 57.7 Å². The van der Waals surface area contributed by atoms with Crippen LogP contribution in [0.15, 0.2) is 36.5 Å². The molecule has 0 saturated carbocycles. The Morgan fingerprint density at radius 1 is 1.24 bits per heavy atom. The zero-order chi connectivity index (χ0) is 17.8. The van der Waals surface area contributed by atoms with Gasteiger partial charge < -0.3 is 10.1 Å². The maximum atomic E-state index is 13.0. The molecule has 5 nitrogen and oxygen atoms in total. The van der Waals surface area contributed by atoms with E-state index >= 15 is 0 Å². The minimum atomic E-state index is -0.532. The van der Waals surface area contributed by atoms with Crippen molar-refractivity contribution in [2.75, 3.05) is 31.6 Å². The van der Waals surface area contributed by atoms with E-state index in [0.29, 0.717) is 42.2 Å². The highest BCUT2D eigenvalue weighted by Gasteiger charge is 2.31. The summed E-state index contributed by atoms with van der Waals surface area (Å²) in [5.41, 5.74) is 1.75. The number of carbonyl (C=O) groups is 1. The molecule has 1 amide bonds. The van der Waals surface area contributed by atoms with Gasteiger partial charge in [-0.2, -0.15) is 0 Å². The van der Waals surface area contributed by atoms with Gasteiger partial charge in [0.15, 0.2) is 0 Å². The van der Waals surface area contributed by atoms with Crippen molar-refractivity contribution >= 4 is 34.9 Å². The number of ether oxygens (including phenoxy) is 1. The maximum Gasteiger partial charge on any atom is 0.247 e. The van der Waals surface area contributed by atoms with Crippen molar-refractivity contribution in [1.82, 2.24) is 9.88 Å². The third-order valence-electron chi connectivity index (χ3n) is 4.08. The van der Waals surface area contributed by atoms with Crippen molar-refractivity contribution in [3.8, 4) is 0 Å². The average Bonchev–Trinajstić information content (AvgIpc) is 2.58. The van der Waals surface area contributed by atoms with Crippen LogP contribution >= 0.6 is 23.2 Å². The third-order valence-corrected chi connectivity index (χ3v) is 4.65. The molecule has 2 aromatic rings. The molecule has 3 rings (SSSR count). The molecule has 7 heteroatoms. The number of aryl methyl sites for hydroxylation is 1. The molecule has 0 bridgehead atoms. The number of rotatable bonds is 4. The summed E-state index contributed by atoms with van der Waals surface area (Å²) in [4.78, 5) is 19.3. The lowest BCUT2D eigenvalue weighted by molar-refractivity contribution is -0.123. The van der Waals surface area contributed by atoms with Crippen LogP contribution in [0.1, 0.15) is 17.2 Å². The summed E-state index contributed by atoms with van der Waals surface area (Å²) >= 11 is 12.4. The lowest BCUT2D eigenvalue weighted by atomic mass is 10.0. The monoisotopic (exact) mass is 379 g/mol. The molecule has 1 aromatic carbocycles. The molecule has 1 aliphatic rings. The van der Waals surface area contributed by atoms with Crippen LogP contribution in [0.25, 0.3) is 0 Å². The van der Waals surface area contributed by atoms with Gasteiger partial charge in [-0.1, -0.05) is 29.3 Å². The summed E-state index contributed by atoms with van der Waals surface area (Å²) in [5.74, 6) is 0.345. The SMILES string of the molecule is Cc1ccnc(NC(=O)C(c2ccc(Cl)cc2Cl)N2CCOCC2)c1. The van der Waals surface area contributed by atoms with E-state index < -0.39 is 6.04 Å². The number of hydrogen-bond donors (Lipinski definition) is 1. The van der Waals surface area contributed by atoms with Crippen LogP contribution in [-0.4, -0.2) is 42.1 Å². The number of benzene rings is 1. The fourth-order valence-corrected chi connectivity index (χ4v) is 3.37. The number of amides is 1. The number of morpholine rings is 1. The van der Waals surface area contributed by atoms with Crippen LogP contribution in [0.4, 0.5) is 5.82 Å². The van der Waals surface area contributed by atoms with Gasteiger partial charge >= 0.3 is 0 Å². The largest absolute Gasteiger partial charge is 0.379 e. The van der Waals surface area contributed by atoms with Crippen molar-refractivity contribution in [2.45, 2.75) is 13.0 Å². The first-order valence-electron chi connectivity index (χ1n) is 8.05. The normalized spacial score (nSPS) is 16.4. The Morgan fingerprint density at radius 3 is 2.68 bits per heavy atom. The fraction of sp³-hybridized carbons (Fsp3) is 0.333. The highest BCUT2D eigenvalue weighted by molar-refractivity contribution is 6.35. The van der Waals surface area contributed by atoms with Crippen molar-refractivity contribution in [3.63, 3.8) is 0 Å². The molecule has 0 aliphatic carbocycles. The second-order valence-electron chi connectivity index (χ2n) is 5.92. The molecule has 0 spiro atoms. The topological polar surface area (TPSA) is 54.5 Å². The molecule has 1 unspecified atom stereocenters. The summed E-state index contributed by atoms with van der Waals surface area (Å²) < 4.78 is 5.41. The highest BCUT2D eigenvalue weighted by atomic mass is 35.5. The van der Waals surface area contributed by atoms with Gasteiger partial charge in [0.05, 0.1) is 13.2 Å². The Hall–Kier alpha value is -1.66. The average molecular weight is 380 g/mol. The van der Waals surface area contributed by atoms with E-state index in [-0.39, 0.29) is 5.91 Å². The van der Waals surface area contributed by atoms with E-state index in [1.165, 1.54) is 0 Å². The van der Waals surface area contributed by atoms with E-state index in [1.807, 2.05) is 19.1 Å². The van der Waals surface area contributed by atoms with Gasteiger partial charge in [0, 0.05) is 29.3 Å². The van der Waals surface area contributed by atoms with E-state index in [2.05, 4.69) is 15.2 Å². The predicted molar refractivity (Wildman–Crippen MR) is 99.2 cm³/mol. The first-order chi connectivity index (χ1) is 12.0. The van der Waals surface area contributed by atoms with Gasteiger partial charge in [-0.25, -0.2) is 4.98 Å². The van der Waals surface area contributed by atoms with Crippen LogP contribution in [0, 0.1) is 6.92 Å². The fourth-order valence-electron chi connectivity index (χ4n) is 2.86. The molecule has 132 valence electrons.